The van der Waals surface area contributed by atoms with Crippen LogP contribution in [0.1, 0.15) is 48.0 Å². The highest BCUT2D eigenvalue weighted by atomic mass is 16.2. The van der Waals surface area contributed by atoms with Gasteiger partial charge >= 0.3 is 0 Å². The van der Waals surface area contributed by atoms with E-state index in [-0.39, 0.29) is 12.5 Å². The first-order valence-corrected chi connectivity index (χ1v) is 7.66. The number of carbonyl (C=O) groups is 1. The molecule has 1 aromatic rings. The van der Waals surface area contributed by atoms with Gasteiger partial charge in [-0.2, -0.15) is 0 Å². The second-order valence-electron chi connectivity index (χ2n) is 5.66. The Morgan fingerprint density at radius 1 is 1.33 bits per heavy atom. The fraction of sp³-hybridized carbons (Fsp3) is 0.500. The average molecular weight is 285 g/mol. The van der Waals surface area contributed by atoms with E-state index in [4.69, 9.17) is 5.11 Å². The molecule has 0 aromatic heterocycles. The summed E-state index contributed by atoms with van der Waals surface area (Å²) in [7, 11) is 1.87. The van der Waals surface area contributed by atoms with Crippen LogP contribution >= 0.6 is 0 Å². The van der Waals surface area contributed by atoms with E-state index in [2.05, 4.69) is 11.8 Å². The number of aliphatic hydroxyl groups excluding tert-OH is 1. The maximum atomic E-state index is 12.6. The number of aliphatic hydroxyl groups is 1. The summed E-state index contributed by atoms with van der Waals surface area (Å²) in [6.07, 6.45) is 5.47. The molecule has 3 nitrogen and oxygen atoms in total. The van der Waals surface area contributed by atoms with Gasteiger partial charge in [0.05, 0.1) is 12.2 Å². The Morgan fingerprint density at radius 2 is 2.05 bits per heavy atom. The maximum Gasteiger partial charge on any atom is 0.254 e. The van der Waals surface area contributed by atoms with Gasteiger partial charge in [-0.1, -0.05) is 36.8 Å². The summed E-state index contributed by atoms with van der Waals surface area (Å²) in [4.78, 5) is 14.4. The van der Waals surface area contributed by atoms with Gasteiger partial charge in [0.15, 0.2) is 0 Å². The molecule has 0 bridgehead atoms. The number of hydrogen-bond acceptors (Lipinski definition) is 2. The maximum absolute atomic E-state index is 12.6. The number of carbonyl (C=O) groups excluding carboxylic acids is 1. The Bertz CT molecular complexity index is 536. The van der Waals surface area contributed by atoms with Crippen LogP contribution in [0.15, 0.2) is 24.3 Å². The Balaban J connectivity index is 2.09. The lowest BCUT2D eigenvalue weighted by Crippen LogP contribution is -2.31. The van der Waals surface area contributed by atoms with Gasteiger partial charge in [0.2, 0.25) is 0 Å². The molecule has 0 aliphatic heterocycles. The zero-order valence-electron chi connectivity index (χ0n) is 12.6. The van der Waals surface area contributed by atoms with E-state index in [1.54, 1.807) is 0 Å². The summed E-state index contributed by atoms with van der Waals surface area (Å²) in [6.45, 7) is 0.877. The highest BCUT2D eigenvalue weighted by Gasteiger charge is 2.21. The first-order valence-electron chi connectivity index (χ1n) is 7.66. The lowest BCUT2D eigenvalue weighted by Gasteiger charge is -2.21. The van der Waals surface area contributed by atoms with Gasteiger partial charge in [0.25, 0.3) is 5.91 Å². The van der Waals surface area contributed by atoms with Crippen LogP contribution in [0, 0.1) is 17.8 Å². The monoisotopic (exact) mass is 285 g/mol. The van der Waals surface area contributed by atoms with Crippen molar-refractivity contribution >= 4 is 5.91 Å². The third-order valence-electron chi connectivity index (χ3n) is 3.97. The van der Waals surface area contributed by atoms with E-state index in [0.717, 1.165) is 12.1 Å². The van der Waals surface area contributed by atoms with Gasteiger partial charge < -0.3 is 10.0 Å². The van der Waals surface area contributed by atoms with Crippen molar-refractivity contribution in [1.29, 1.82) is 0 Å². The van der Waals surface area contributed by atoms with E-state index >= 15 is 0 Å². The topological polar surface area (TPSA) is 40.5 Å². The molecular weight excluding hydrogens is 262 g/mol. The summed E-state index contributed by atoms with van der Waals surface area (Å²) in [6, 6.07) is 7.45. The zero-order valence-corrected chi connectivity index (χ0v) is 12.6. The van der Waals surface area contributed by atoms with Crippen LogP contribution in [0.2, 0.25) is 0 Å². The van der Waals surface area contributed by atoms with Crippen molar-refractivity contribution < 1.29 is 9.90 Å². The number of amides is 1. The van der Waals surface area contributed by atoms with E-state index in [0.29, 0.717) is 17.9 Å². The quantitative estimate of drug-likeness (QED) is 0.864. The van der Waals surface area contributed by atoms with Crippen molar-refractivity contribution in [3.8, 4) is 11.8 Å². The highest BCUT2D eigenvalue weighted by molar-refractivity contribution is 5.96. The molecule has 0 atom stereocenters. The van der Waals surface area contributed by atoms with Gasteiger partial charge in [-0.25, -0.2) is 0 Å². The molecular formula is C18H23NO2. The first-order chi connectivity index (χ1) is 10.2. The minimum atomic E-state index is 0.0378. The molecule has 1 amide bonds. The molecule has 1 aromatic carbocycles. The molecule has 2 rings (SSSR count). The normalized spacial score (nSPS) is 14.6. The van der Waals surface area contributed by atoms with Crippen molar-refractivity contribution in [1.82, 2.24) is 4.90 Å². The van der Waals surface area contributed by atoms with Crippen LogP contribution in [0.25, 0.3) is 0 Å². The summed E-state index contributed by atoms with van der Waals surface area (Å²) in [5.41, 5.74) is 1.40. The first kappa shape index (κ1) is 15.6. The fourth-order valence-corrected chi connectivity index (χ4v) is 2.86. The molecule has 0 heterocycles. The Morgan fingerprint density at radius 3 is 2.76 bits per heavy atom. The smallest absolute Gasteiger partial charge is 0.254 e. The molecule has 0 radical (unpaired) electrons. The number of rotatable bonds is 4. The van der Waals surface area contributed by atoms with E-state index in [9.17, 15) is 4.79 Å². The van der Waals surface area contributed by atoms with Gasteiger partial charge in [0.1, 0.15) is 0 Å². The molecule has 1 saturated carbocycles. The molecule has 112 valence electrons. The third kappa shape index (κ3) is 4.34. The zero-order chi connectivity index (χ0) is 15.1. The van der Waals surface area contributed by atoms with Crippen LogP contribution in [0.5, 0.6) is 0 Å². The average Bonchev–Trinajstić information content (AvgIpc) is 3.00. The molecule has 1 fully saturated rings. The van der Waals surface area contributed by atoms with Gasteiger partial charge in [-0.3, -0.25) is 4.79 Å². The predicted molar refractivity (Wildman–Crippen MR) is 83.9 cm³/mol. The molecule has 1 aliphatic carbocycles. The van der Waals surface area contributed by atoms with Gasteiger partial charge in [-0.05, 0) is 30.9 Å². The number of benzene rings is 1. The van der Waals surface area contributed by atoms with Crippen LogP contribution < -0.4 is 0 Å². The molecule has 1 N–H and O–H groups in total. The van der Waals surface area contributed by atoms with Crippen molar-refractivity contribution in [3.63, 3.8) is 0 Å². The van der Waals surface area contributed by atoms with Crippen LogP contribution in [-0.2, 0) is 0 Å². The Hall–Kier alpha value is -1.79. The lowest BCUT2D eigenvalue weighted by molar-refractivity contribution is 0.0773. The fourth-order valence-electron chi connectivity index (χ4n) is 2.86. The van der Waals surface area contributed by atoms with Crippen molar-refractivity contribution in [2.45, 2.75) is 32.1 Å². The summed E-state index contributed by atoms with van der Waals surface area (Å²) >= 11 is 0. The van der Waals surface area contributed by atoms with E-state index in [1.165, 1.54) is 25.7 Å². The van der Waals surface area contributed by atoms with Gasteiger partial charge in [-0.15, -0.1) is 0 Å². The summed E-state index contributed by atoms with van der Waals surface area (Å²) in [5, 5.41) is 8.79. The molecule has 0 unspecified atom stereocenters. The molecule has 21 heavy (non-hydrogen) atoms. The van der Waals surface area contributed by atoms with E-state index in [1.807, 2.05) is 36.2 Å². The van der Waals surface area contributed by atoms with E-state index < -0.39 is 0 Å². The SMILES string of the molecule is CN(CC1CCCC1)C(=O)c1ccccc1C#CCCO. The lowest BCUT2D eigenvalue weighted by atomic mass is 10.0. The highest BCUT2D eigenvalue weighted by Crippen LogP contribution is 2.25. The number of hydrogen-bond donors (Lipinski definition) is 1. The van der Waals surface area contributed by atoms with Crippen molar-refractivity contribution in [2.75, 3.05) is 20.2 Å². The van der Waals surface area contributed by atoms with Crippen molar-refractivity contribution in [3.05, 3.63) is 35.4 Å². The van der Waals surface area contributed by atoms with Gasteiger partial charge in [0, 0.05) is 25.6 Å². The predicted octanol–water partition coefficient (Wildman–Crippen LogP) is 2.68. The second-order valence-corrected chi connectivity index (χ2v) is 5.66. The van der Waals surface area contributed by atoms with Crippen LogP contribution in [-0.4, -0.2) is 36.1 Å². The number of nitrogens with zero attached hydrogens (tertiary/aromatic N) is 1. The van der Waals surface area contributed by atoms with Crippen LogP contribution in [0.4, 0.5) is 0 Å². The summed E-state index contributed by atoms with van der Waals surface area (Å²) in [5.74, 6) is 6.56. The molecule has 3 heteroatoms. The largest absolute Gasteiger partial charge is 0.395 e. The second kappa shape index (κ2) is 7.85. The Kier molecular flexibility index (Phi) is 5.83. The summed E-state index contributed by atoms with van der Waals surface area (Å²) < 4.78 is 0. The molecule has 1 aliphatic rings. The van der Waals surface area contributed by atoms with Crippen molar-refractivity contribution in [2.24, 2.45) is 5.92 Å². The third-order valence-corrected chi connectivity index (χ3v) is 3.97. The Labute approximate surface area is 127 Å². The molecule has 0 spiro atoms. The van der Waals surface area contributed by atoms with Crippen LogP contribution in [0.3, 0.4) is 0 Å². The molecule has 0 saturated heterocycles. The minimum Gasteiger partial charge on any atom is -0.395 e. The minimum absolute atomic E-state index is 0.0378. The standard InChI is InChI=1S/C18H23NO2/c1-19(14-15-8-2-3-9-15)18(21)17-12-5-4-10-16(17)11-6-7-13-20/h4-5,10,12,15,20H,2-3,7-9,13-14H2,1H3.